The first kappa shape index (κ1) is 12.9. The fourth-order valence-corrected chi connectivity index (χ4v) is 2.96. The largest absolute Gasteiger partial charge is 0.366 e. The van der Waals surface area contributed by atoms with E-state index in [1.165, 1.54) is 25.7 Å². The maximum atomic E-state index is 11.6. The number of nitrogens with one attached hydrogen (secondary N) is 2. The molecule has 0 spiro atoms. The van der Waals surface area contributed by atoms with Crippen molar-refractivity contribution in [1.29, 1.82) is 0 Å². The lowest BCUT2D eigenvalue weighted by molar-refractivity contribution is 0.376. The Bertz CT molecular complexity index is 494. The molecule has 3 rings (SSSR count). The minimum atomic E-state index is -0.299. The minimum absolute atomic E-state index is 0.269. The van der Waals surface area contributed by atoms with Crippen LogP contribution in [0.15, 0.2) is 11.0 Å². The number of hydrogen-bond acceptors (Lipinski definition) is 4. The molecule has 0 bridgehead atoms. The van der Waals surface area contributed by atoms with Gasteiger partial charge in [0.25, 0.3) is 5.56 Å². The van der Waals surface area contributed by atoms with Crippen molar-refractivity contribution in [1.82, 2.24) is 15.5 Å². The second-order valence-corrected chi connectivity index (χ2v) is 5.87. The molecule has 1 aliphatic heterocycles. The molecule has 0 radical (unpaired) electrons. The Morgan fingerprint density at radius 2 is 2.26 bits per heavy atom. The summed E-state index contributed by atoms with van der Waals surface area (Å²) in [5.74, 6) is 0.629. The molecule has 2 aliphatic rings. The van der Waals surface area contributed by atoms with Gasteiger partial charge in [-0.15, -0.1) is 0 Å². The summed E-state index contributed by atoms with van der Waals surface area (Å²) in [6, 6.07) is 0.531. The number of piperidine rings is 1. The molecule has 6 heteroatoms. The zero-order valence-electron chi connectivity index (χ0n) is 10.9. The summed E-state index contributed by atoms with van der Waals surface area (Å²) in [5, 5.41) is 9.97. The van der Waals surface area contributed by atoms with E-state index >= 15 is 0 Å². The van der Waals surface area contributed by atoms with Crippen molar-refractivity contribution in [2.45, 2.75) is 31.7 Å². The Balaban J connectivity index is 1.80. The molecule has 0 amide bonds. The van der Waals surface area contributed by atoms with E-state index in [0.717, 1.165) is 25.3 Å². The highest BCUT2D eigenvalue weighted by molar-refractivity contribution is 6.33. The molecule has 1 saturated carbocycles. The first-order chi connectivity index (χ1) is 9.25. The maximum absolute atomic E-state index is 11.6. The van der Waals surface area contributed by atoms with Gasteiger partial charge in [-0.1, -0.05) is 11.6 Å². The van der Waals surface area contributed by atoms with Crippen LogP contribution in [0, 0.1) is 5.92 Å². The van der Waals surface area contributed by atoms with Crippen LogP contribution in [-0.4, -0.2) is 35.9 Å². The van der Waals surface area contributed by atoms with Gasteiger partial charge in [0.1, 0.15) is 5.02 Å². The van der Waals surface area contributed by atoms with E-state index in [9.17, 15) is 4.79 Å². The van der Waals surface area contributed by atoms with Crippen LogP contribution in [0.5, 0.6) is 0 Å². The van der Waals surface area contributed by atoms with Crippen molar-refractivity contribution in [3.8, 4) is 0 Å². The Morgan fingerprint density at radius 3 is 2.95 bits per heavy atom. The number of halogens is 1. The smallest absolute Gasteiger partial charge is 0.285 e. The fourth-order valence-electron chi connectivity index (χ4n) is 2.76. The number of rotatable bonds is 4. The molecule has 2 fully saturated rings. The number of hydrogen-bond donors (Lipinski definition) is 2. The van der Waals surface area contributed by atoms with Crippen molar-refractivity contribution in [3.63, 3.8) is 0 Å². The quantitative estimate of drug-likeness (QED) is 0.876. The van der Waals surface area contributed by atoms with E-state index < -0.39 is 0 Å². The molecule has 1 saturated heterocycles. The predicted molar refractivity (Wildman–Crippen MR) is 75.8 cm³/mol. The summed E-state index contributed by atoms with van der Waals surface area (Å²) < 4.78 is 0. The highest BCUT2D eigenvalue weighted by atomic mass is 35.5. The summed E-state index contributed by atoms with van der Waals surface area (Å²) >= 11 is 6.14. The Hall–Kier alpha value is -1.07. The fraction of sp³-hybridized carbons (Fsp3) is 0.692. The Kier molecular flexibility index (Phi) is 3.75. The molecule has 19 heavy (non-hydrogen) atoms. The highest BCUT2D eigenvalue weighted by Gasteiger charge is 2.32. The molecule has 104 valence electrons. The van der Waals surface area contributed by atoms with Gasteiger partial charge in [0.15, 0.2) is 0 Å². The van der Waals surface area contributed by atoms with Gasteiger partial charge in [-0.05, 0) is 44.7 Å². The summed E-state index contributed by atoms with van der Waals surface area (Å²) in [4.78, 5) is 13.9. The van der Waals surface area contributed by atoms with Crippen LogP contribution >= 0.6 is 11.6 Å². The molecule has 1 aromatic heterocycles. The second-order valence-electron chi connectivity index (χ2n) is 5.49. The molecular weight excluding hydrogens is 264 g/mol. The van der Waals surface area contributed by atoms with Crippen LogP contribution < -0.4 is 15.8 Å². The third-order valence-corrected chi connectivity index (χ3v) is 4.29. The molecule has 1 aromatic rings. The maximum Gasteiger partial charge on any atom is 0.285 e. The van der Waals surface area contributed by atoms with Gasteiger partial charge in [0.05, 0.1) is 11.9 Å². The van der Waals surface area contributed by atoms with Crippen molar-refractivity contribution in [2.24, 2.45) is 5.92 Å². The molecular formula is C13H19ClN4O. The van der Waals surface area contributed by atoms with Gasteiger partial charge in [-0.2, -0.15) is 5.10 Å². The van der Waals surface area contributed by atoms with Gasteiger partial charge < -0.3 is 10.2 Å². The first-order valence-electron chi connectivity index (χ1n) is 6.96. The molecule has 2 heterocycles. The predicted octanol–water partition coefficient (Wildman–Crippen LogP) is 1.39. The average Bonchev–Trinajstić information content (AvgIpc) is 3.25. The number of nitrogens with zero attached hydrogens (tertiary/aromatic N) is 2. The second kappa shape index (κ2) is 5.51. The number of anilines is 1. The average molecular weight is 283 g/mol. The van der Waals surface area contributed by atoms with Gasteiger partial charge in [0, 0.05) is 12.6 Å². The van der Waals surface area contributed by atoms with Crippen molar-refractivity contribution < 1.29 is 0 Å². The normalized spacial score (nSPS) is 23.3. The van der Waals surface area contributed by atoms with E-state index in [-0.39, 0.29) is 10.6 Å². The molecule has 5 nitrogen and oxygen atoms in total. The van der Waals surface area contributed by atoms with Crippen LogP contribution in [-0.2, 0) is 0 Å². The summed E-state index contributed by atoms with van der Waals surface area (Å²) in [7, 11) is 0. The lowest BCUT2D eigenvalue weighted by atomic mass is 9.99. The third kappa shape index (κ3) is 2.92. The third-order valence-electron chi connectivity index (χ3n) is 3.93. The van der Waals surface area contributed by atoms with Crippen LogP contribution in [0.3, 0.4) is 0 Å². The van der Waals surface area contributed by atoms with Crippen LogP contribution in [0.2, 0.25) is 5.02 Å². The van der Waals surface area contributed by atoms with Crippen molar-refractivity contribution >= 4 is 17.3 Å². The summed E-state index contributed by atoms with van der Waals surface area (Å²) in [5.41, 5.74) is 0.491. The Morgan fingerprint density at radius 1 is 1.42 bits per heavy atom. The SMILES string of the molecule is O=c1[nH]ncc(N(CC2CCCNC2)C2CC2)c1Cl. The summed E-state index contributed by atoms with van der Waals surface area (Å²) in [6.45, 7) is 3.13. The minimum Gasteiger partial charge on any atom is -0.366 e. The molecule has 1 atom stereocenters. The van der Waals surface area contributed by atoms with Crippen molar-refractivity contribution in [2.75, 3.05) is 24.5 Å². The number of aromatic nitrogens is 2. The highest BCUT2D eigenvalue weighted by Crippen LogP contribution is 2.34. The number of aromatic amines is 1. The molecule has 2 N–H and O–H groups in total. The molecule has 0 aromatic carbocycles. The van der Waals surface area contributed by atoms with Gasteiger partial charge in [-0.3, -0.25) is 4.79 Å². The molecule has 1 unspecified atom stereocenters. The first-order valence-corrected chi connectivity index (χ1v) is 7.34. The van der Waals surface area contributed by atoms with E-state index in [1.54, 1.807) is 6.20 Å². The van der Waals surface area contributed by atoms with Crippen LogP contribution in [0.25, 0.3) is 0 Å². The Labute approximate surface area is 117 Å². The lowest BCUT2D eigenvalue weighted by Crippen LogP contribution is -2.40. The topological polar surface area (TPSA) is 61.0 Å². The van der Waals surface area contributed by atoms with E-state index in [4.69, 9.17) is 11.6 Å². The van der Waals surface area contributed by atoms with E-state index in [0.29, 0.717) is 12.0 Å². The van der Waals surface area contributed by atoms with Gasteiger partial charge in [-0.25, -0.2) is 5.10 Å². The zero-order chi connectivity index (χ0) is 13.2. The van der Waals surface area contributed by atoms with Crippen molar-refractivity contribution in [3.05, 3.63) is 21.6 Å². The van der Waals surface area contributed by atoms with Crippen LogP contribution in [0.1, 0.15) is 25.7 Å². The van der Waals surface area contributed by atoms with E-state index in [2.05, 4.69) is 20.4 Å². The standard InChI is InChI=1S/C13H19ClN4O/c14-12-11(7-16-17-13(12)19)18(10-3-4-10)8-9-2-1-5-15-6-9/h7,9-10,15H,1-6,8H2,(H,17,19). The van der Waals surface area contributed by atoms with Crippen LogP contribution in [0.4, 0.5) is 5.69 Å². The van der Waals surface area contributed by atoms with Gasteiger partial charge >= 0.3 is 0 Å². The van der Waals surface area contributed by atoms with E-state index in [1.807, 2.05) is 0 Å². The monoisotopic (exact) mass is 282 g/mol. The zero-order valence-corrected chi connectivity index (χ0v) is 11.6. The number of H-pyrrole nitrogens is 1. The van der Waals surface area contributed by atoms with Gasteiger partial charge in [0.2, 0.25) is 0 Å². The summed E-state index contributed by atoms with van der Waals surface area (Å²) in [6.07, 6.45) is 6.51. The lowest BCUT2D eigenvalue weighted by Gasteiger charge is -2.31. The molecule has 1 aliphatic carbocycles.